The predicted octanol–water partition coefficient (Wildman–Crippen LogP) is -0.581. The highest BCUT2D eigenvalue weighted by Gasteiger charge is 2.30. The van der Waals surface area contributed by atoms with Crippen LogP contribution in [0.2, 0.25) is 0 Å². The summed E-state index contributed by atoms with van der Waals surface area (Å²) < 4.78 is 0. The number of hydrogen-bond donors (Lipinski definition) is 4. The molecule has 6 nitrogen and oxygen atoms in total. The van der Waals surface area contributed by atoms with Gasteiger partial charge in [0.2, 0.25) is 0 Å². The second kappa shape index (κ2) is 4.54. The lowest BCUT2D eigenvalue weighted by Gasteiger charge is -2.28. The molecule has 0 aromatic heterocycles. The topological polar surface area (TPSA) is 113 Å². The number of rotatable bonds is 3. The zero-order valence-electron chi connectivity index (χ0n) is 8.06. The summed E-state index contributed by atoms with van der Waals surface area (Å²) in [7, 11) is 0. The molecule has 0 aromatic rings. The molecule has 1 heterocycles. The SMILES string of the molecule is CC1=C(C(=O)O)NC(C(N)C(=O)O)SC1. The normalized spacial score (nSPS) is 23.2. The maximum Gasteiger partial charge on any atom is 0.351 e. The monoisotopic (exact) mass is 232 g/mol. The number of nitrogens with one attached hydrogen (secondary N) is 1. The van der Waals surface area contributed by atoms with Crippen molar-refractivity contribution in [1.82, 2.24) is 5.32 Å². The third-order valence-electron chi connectivity index (χ3n) is 2.02. The molecule has 0 fully saturated rings. The summed E-state index contributed by atoms with van der Waals surface area (Å²) in [4.78, 5) is 21.4. The Kier molecular flexibility index (Phi) is 3.59. The van der Waals surface area contributed by atoms with Crippen molar-refractivity contribution < 1.29 is 19.8 Å². The Bertz CT molecular complexity index is 329. The van der Waals surface area contributed by atoms with E-state index in [4.69, 9.17) is 15.9 Å². The zero-order chi connectivity index (χ0) is 11.6. The second-order valence-corrected chi connectivity index (χ2v) is 4.33. The molecule has 0 saturated carbocycles. The number of aliphatic carboxylic acids is 2. The standard InChI is InChI=1S/C8H12N2O4S/c1-3-2-15-6(4(9)7(11)12)10-5(3)8(13)14/h4,6,10H,2,9H2,1H3,(H,11,12)(H,13,14). The van der Waals surface area contributed by atoms with Crippen LogP contribution in [0.15, 0.2) is 11.3 Å². The van der Waals surface area contributed by atoms with Crippen LogP contribution < -0.4 is 11.1 Å². The van der Waals surface area contributed by atoms with Gasteiger partial charge in [-0.25, -0.2) is 4.79 Å². The van der Waals surface area contributed by atoms with Crippen LogP contribution in [-0.2, 0) is 9.59 Å². The summed E-state index contributed by atoms with van der Waals surface area (Å²) in [5.41, 5.74) is 6.13. The molecule has 5 N–H and O–H groups in total. The summed E-state index contributed by atoms with van der Waals surface area (Å²) in [6, 6.07) is -1.11. The van der Waals surface area contributed by atoms with Crippen LogP contribution in [0.5, 0.6) is 0 Å². The summed E-state index contributed by atoms with van der Waals surface area (Å²) in [6.07, 6.45) is 0. The fraction of sp³-hybridized carbons (Fsp3) is 0.500. The molecule has 84 valence electrons. The van der Waals surface area contributed by atoms with Crippen molar-refractivity contribution in [2.24, 2.45) is 5.73 Å². The molecule has 0 saturated heterocycles. The molecule has 0 spiro atoms. The number of hydrogen-bond acceptors (Lipinski definition) is 5. The summed E-state index contributed by atoms with van der Waals surface area (Å²) >= 11 is 1.29. The number of carbonyl (C=O) groups is 2. The third kappa shape index (κ3) is 2.63. The first-order chi connectivity index (χ1) is 6.93. The summed E-state index contributed by atoms with van der Waals surface area (Å²) in [5, 5.41) is 19.5. The van der Waals surface area contributed by atoms with Crippen molar-refractivity contribution in [1.29, 1.82) is 0 Å². The Balaban J connectivity index is 2.79. The molecule has 0 radical (unpaired) electrons. The lowest BCUT2D eigenvalue weighted by atomic mass is 10.2. The predicted molar refractivity (Wildman–Crippen MR) is 55.3 cm³/mol. The number of carboxylic acids is 2. The lowest BCUT2D eigenvalue weighted by Crippen LogP contribution is -2.50. The fourth-order valence-electron chi connectivity index (χ4n) is 1.16. The first kappa shape index (κ1) is 11.9. The lowest BCUT2D eigenvalue weighted by molar-refractivity contribution is -0.139. The van der Waals surface area contributed by atoms with Gasteiger partial charge in [-0.1, -0.05) is 0 Å². The molecule has 15 heavy (non-hydrogen) atoms. The van der Waals surface area contributed by atoms with E-state index >= 15 is 0 Å². The van der Waals surface area contributed by atoms with Crippen molar-refractivity contribution in [2.45, 2.75) is 18.3 Å². The molecule has 0 amide bonds. The van der Waals surface area contributed by atoms with Crippen molar-refractivity contribution in [3.05, 3.63) is 11.3 Å². The van der Waals surface area contributed by atoms with Crippen molar-refractivity contribution in [3.63, 3.8) is 0 Å². The van der Waals surface area contributed by atoms with E-state index in [1.807, 2.05) is 0 Å². The molecule has 1 aliphatic rings. The van der Waals surface area contributed by atoms with Crippen LogP contribution >= 0.6 is 11.8 Å². The highest BCUT2D eigenvalue weighted by Crippen LogP contribution is 2.23. The average Bonchev–Trinajstić information content (AvgIpc) is 2.16. The Hall–Kier alpha value is -1.21. The Morgan fingerprint density at radius 1 is 1.60 bits per heavy atom. The van der Waals surface area contributed by atoms with Crippen LogP contribution in [0.25, 0.3) is 0 Å². The van der Waals surface area contributed by atoms with Gasteiger partial charge in [-0.2, -0.15) is 0 Å². The van der Waals surface area contributed by atoms with Gasteiger partial charge in [0, 0.05) is 5.75 Å². The minimum Gasteiger partial charge on any atom is -0.480 e. The summed E-state index contributed by atoms with van der Waals surface area (Å²) in [5.74, 6) is -1.76. The molecule has 2 atom stereocenters. The van der Waals surface area contributed by atoms with E-state index < -0.39 is 23.4 Å². The van der Waals surface area contributed by atoms with E-state index in [1.54, 1.807) is 6.92 Å². The van der Waals surface area contributed by atoms with Crippen molar-refractivity contribution in [2.75, 3.05) is 5.75 Å². The number of thioether (sulfide) groups is 1. The summed E-state index contributed by atoms with van der Waals surface area (Å²) in [6.45, 7) is 1.69. The van der Waals surface area contributed by atoms with Crippen molar-refractivity contribution in [3.8, 4) is 0 Å². The van der Waals surface area contributed by atoms with Gasteiger partial charge < -0.3 is 21.3 Å². The van der Waals surface area contributed by atoms with Crippen molar-refractivity contribution >= 4 is 23.7 Å². The Labute approximate surface area is 90.5 Å². The third-order valence-corrected chi connectivity index (χ3v) is 3.39. The molecule has 7 heteroatoms. The van der Waals surface area contributed by atoms with E-state index in [-0.39, 0.29) is 5.70 Å². The van der Waals surface area contributed by atoms with Gasteiger partial charge in [-0.15, -0.1) is 11.8 Å². The van der Waals surface area contributed by atoms with Gasteiger partial charge >= 0.3 is 11.9 Å². The first-order valence-electron chi connectivity index (χ1n) is 4.23. The smallest absolute Gasteiger partial charge is 0.351 e. The van der Waals surface area contributed by atoms with E-state index in [9.17, 15) is 9.59 Å². The molecule has 0 aromatic carbocycles. The molecule has 2 unspecified atom stereocenters. The largest absolute Gasteiger partial charge is 0.480 e. The van der Waals surface area contributed by atoms with E-state index in [0.717, 1.165) is 0 Å². The number of nitrogens with two attached hydrogens (primary N) is 1. The minimum atomic E-state index is -1.15. The maximum absolute atomic E-state index is 10.8. The molecule has 0 aliphatic carbocycles. The average molecular weight is 232 g/mol. The number of carboxylic acid groups (broad SMARTS) is 2. The quantitative estimate of drug-likeness (QED) is 0.515. The van der Waals surface area contributed by atoms with Gasteiger partial charge in [0.1, 0.15) is 11.7 Å². The Morgan fingerprint density at radius 2 is 2.20 bits per heavy atom. The van der Waals surface area contributed by atoms with Gasteiger partial charge in [0.05, 0.1) is 5.37 Å². The Morgan fingerprint density at radius 3 is 2.67 bits per heavy atom. The molecular formula is C8H12N2O4S. The van der Waals surface area contributed by atoms with Crippen LogP contribution in [0, 0.1) is 0 Å². The van der Waals surface area contributed by atoms with E-state index in [2.05, 4.69) is 5.32 Å². The van der Waals surface area contributed by atoms with E-state index in [0.29, 0.717) is 11.3 Å². The molecular weight excluding hydrogens is 220 g/mol. The van der Waals surface area contributed by atoms with Crippen LogP contribution in [-0.4, -0.2) is 39.3 Å². The first-order valence-corrected chi connectivity index (χ1v) is 5.28. The zero-order valence-corrected chi connectivity index (χ0v) is 8.87. The minimum absolute atomic E-state index is 0.0513. The van der Waals surface area contributed by atoms with Gasteiger partial charge in [-0.05, 0) is 12.5 Å². The fourth-order valence-corrected chi connectivity index (χ4v) is 2.26. The highest BCUT2D eigenvalue weighted by molar-refractivity contribution is 8.00. The molecule has 1 aliphatic heterocycles. The van der Waals surface area contributed by atoms with E-state index in [1.165, 1.54) is 11.8 Å². The highest BCUT2D eigenvalue weighted by atomic mass is 32.2. The van der Waals surface area contributed by atoms with Crippen LogP contribution in [0.4, 0.5) is 0 Å². The van der Waals surface area contributed by atoms with Gasteiger partial charge in [0.25, 0.3) is 0 Å². The van der Waals surface area contributed by atoms with Gasteiger partial charge in [-0.3, -0.25) is 4.79 Å². The maximum atomic E-state index is 10.8. The molecule has 1 rings (SSSR count). The van der Waals surface area contributed by atoms with Gasteiger partial charge in [0.15, 0.2) is 0 Å². The van der Waals surface area contributed by atoms with Crippen LogP contribution in [0.1, 0.15) is 6.92 Å². The van der Waals surface area contributed by atoms with Crippen LogP contribution in [0.3, 0.4) is 0 Å². The second-order valence-electron chi connectivity index (χ2n) is 3.20. The molecule has 0 bridgehead atoms.